The van der Waals surface area contributed by atoms with E-state index in [-0.39, 0.29) is 12.4 Å². The normalized spacial score (nSPS) is 17.1. The first-order chi connectivity index (χ1) is 5.54. The number of terminal acetylenes is 1. The lowest BCUT2D eigenvalue weighted by Gasteiger charge is -2.28. The van der Waals surface area contributed by atoms with Gasteiger partial charge in [0.15, 0.2) is 0 Å². The molecule has 0 radical (unpaired) electrons. The fourth-order valence-corrected chi connectivity index (χ4v) is 3.03. The summed E-state index contributed by atoms with van der Waals surface area (Å²) in [5.74, 6) is 0. The van der Waals surface area contributed by atoms with Crippen LogP contribution in [0.15, 0.2) is 11.3 Å². The van der Waals surface area contributed by atoms with Crippen LogP contribution in [-0.2, 0) is 0 Å². The van der Waals surface area contributed by atoms with Gasteiger partial charge in [-0.05, 0) is 6.42 Å². The third kappa shape index (κ3) is 3.46. The molecular formula is C10H18ClNSi. The highest BCUT2D eigenvalue weighted by Gasteiger charge is 2.21. The largest absolute Gasteiger partial charge is 0.329 e. The molecule has 13 heavy (non-hydrogen) atoms. The maximum atomic E-state index is 5.32. The zero-order valence-electron chi connectivity index (χ0n) is 8.63. The van der Waals surface area contributed by atoms with E-state index in [9.17, 15) is 0 Å². The molecule has 3 heteroatoms. The fraction of sp³-hybridized carbons (Fsp3) is 0.600. The maximum Gasteiger partial charge on any atom is 0.0721 e. The number of hydrogen-bond acceptors (Lipinski definition) is 1. The second-order valence-electron chi connectivity index (χ2n) is 4.30. The van der Waals surface area contributed by atoms with Crippen molar-refractivity contribution in [2.75, 3.05) is 13.1 Å². The van der Waals surface area contributed by atoms with Crippen LogP contribution in [0.4, 0.5) is 0 Å². The SMILES string of the molecule is C#CN1CC=C([Si](C)(C)C)CC1.Cl. The van der Waals surface area contributed by atoms with E-state index in [2.05, 4.69) is 31.8 Å². The zero-order valence-corrected chi connectivity index (χ0v) is 10.4. The van der Waals surface area contributed by atoms with Crippen LogP contribution in [0.25, 0.3) is 0 Å². The molecule has 0 amide bonds. The molecule has 0 atom stereocenters. The van der Waals surface area contributed by atoms with Crippen molar-refractivity contribution in [3.63, 3.8) is 0 Å². The Morgan fingerprint density at radius 1 is 1.46 bits per heavy atom. The van der Waals surface area contributed by atoms with E-state index < -0.39 is 8.07 Å². The smallest absolute Gasteiger partial charge is 0.0721 e. The molecule has 0 saturated carbocycles. The van der Waals surface area contributed by atoms with Crippen LogP contribution in [0, 0.1) is 12.5 Å². The van der Waals surface area contributed by atoms with Crippen LogP contribution in [0.3, 0.4) is 0 Å². The fourth-order valence-electron chi connectivity index (χ4n) is 1.47. The van der Waals surface area contributed by atoms with Gasteiger partial charge in [-0.25, -0.2) is 0 Å². The molecule has 1 aliphatic rings. The monoisotopic (exact) mass is 215 g/mol. The standard InChI is InChI=1S/C10H17NSi.ClH/c1-5-11-8-6-10(7-9-11)12(2,3)4;/h1,6H,7-9H2,2-4H3;1H. The second kappa shape index (κ2) is 4.73. The van der Waals surface area contributed by atoms with Crippen LogP contribution >= 0.6 is 12.4 Å². The number of nitrogens with zero attached hydrogens (tertiary/aromatic N) is 1. The molecule has 0 aromatic heterocycles. The maximum absolute atomic E-state index is 5.32. The van der Waals surface area contributed by atoms with E-state index in [1.54, 1.807) is 5.20 Å². The first-order valence-corrected chi connectivity index (χ1v) is 7.95. The van der Waals surface area contributed by atoms with E-state index in [0.29, 0.717) is 0 Å². The summed E-state index contributed by atoms with van der Waals surface area (Å²) in [5, 5.41) is 1.68. The average Bonchev–Trinajstić information content (AvgIpc) is 2.03. The third-order valence-electron chi connectivity index (χ3n) is 2.36. The number of hydrogen-bond donors (Lipinski definition) is 0. The van der Waals surface area contributed by atoms with Gasteiger partial charge in [0.1, 0.15) is 0 Å². The minimum absolute atomic E-state index is 0. The molecule has 0 unspecified atom stereocenters. The highest BCUT2D eigenvalue weighted by molar-refractivity contribution is 6.83. The summed E-state index contributed by atoms with van der Waals surface area (Å²) in [6.07, 6.45) is 8.83. The molecule has 1 heterocycles. The Morgan fingerprint density at radius 2 is 2.08 bits per heavy atom. The molecule has 1 rings (SSSR count). The molecule has 1 nitrogen and oxygen atoms in total. The summed E-state index contributed by atoms with van der Waals surface area (Å²) in [6, 6.07) is 2.68. The lowest BCUT2D eigenvalue weighted by Crippen LogP contribution is -2.32. The molecule has 1 aliphatic heterocycles. The minimum atomic E-state index is -1.03. The molecular weight excluding hydrogens is 198 g/mol. The van der Waals surface area contributed by atoms with Crippen molar-refractivity contribution in [3.05, 3.63) is 11.3 Å². The van der Waals surface area contributed by atoms with Gasteiger partial charge in [-0.2, -0.15) is 0 Å². The Balaban J connectivity index is 0.00000144. The molecule has 0 aromatic carbocycles. The third-order valence-corrected chi connectivity index (χ3v) is 4.74. The highest BCUT2D eigenvalue weighted by Crippen LogP contribution is 2.21. The van der Waals surface area contributed by atoms with E-state index in [4.69, 9.17) is 6.42 Å². The van der Waals surface area contributed by atoms with Crippen LogP contribution < -0.4 is 0 Å². The molecule has 0 N–H and O–H groups in total. The van der Waals surface area contributed by atoms with Gasteiger partial charge in [0.2, 0.25) is 0 Å². The lowest BCUT2D eigenvalue weighted by atomic mass is 10.2. The van der Waals surface area contributed by atoms with Crippen LogP contribution in [0.5, 0.6) is 0 Å². The van der Waals surface area contributed by atoms with Gasteiger partial charge in [0.05, 0.1) is 8.07 Å². The predicted molar refractivity (Wildman–Crippen MR) is 63.7 cm³/mol. The minimum Gasteiger partial charge on any atom is -0.329 e. The summed E-state index contributed by atoms with van der Waals surface area (Å²) < 4.78 is 0. The highest BCUT2D eigenvalue weighted by atomic mass is 35.5. The van der Waals surface area contributed by atoms with Gasteiger partial charge < -0.3 is 4.90 Å². The lowest BCUT2D eigenvalue weighted by molar-refractivity contribution is 0.430. The summed E-state index contributed by atoms with van der Waals surface area (Å²) in [6.45, 7) is 9.18. The summed E-state index contributed by atoms with van der Waals surface area (Å²) in [5.41, 5.74) is 0. The van der Waals surface area contributed by atoms with Gasteiger partial charge in [0.25, 0.3) is 0 Å². The first kappa shape index (κ1) is 12.6. The molecule has 0 aromatic rings. The van der Waals surface area contributed by atoms with Crippen LogP contribution in [0.1, 0.15) is 6.42 Å². The Hall–Kier alpha value is -0.393. The van der Waals surface area contributed by atoms with Gasteiger partial charge in [0, 0.05) is 19.1 Å². The predicted octanol–water partition coefficient (Wildman–Crippen LogP) is 2.51. The van der Waals surface area contributed by atoms with Crippen molar-refractivity contribution < 1.29 is 0 Å². The first-order valence-electron chi connectivity index (χ1n) is 4.45. The zero-order chi connectivity index (χ0) is 9.19. The average molecular weight is 216 g/mol. The van der Waals surface area contributed by atoms with E-state index >= 15 is 0 Å². The van der Waals surface area contributed by atoms with Crippen LogP contribution in [-0.4, -0.2) is 26.1 Å². The summed E-state index contributed by atoms with van der Waals surface area (Å²) >= 11 is 0. The van der Waals surface area contributed by atoms with E-state index in [1.165, 1.54) is 6.42 Å². The van der Waals surface area contributed by atoms with Crippen molar-refractivity contribution in [1.82, 2.24) is 4.90 Å². The Morgan fingerprint density at radius 3 is 2.38 bits per heavy atom. The molecule has 0 fully saturated rings. The topological polar surface area (TPSA) is 3.24 Å². The van der Waals surface area contributed by atoms with Crippen molar-refractivity contribution in [2.24, 2.45) is 0 Å². The quantitative estimate of drug-likeness (QED) is 0.480. The second-order valence-corrected chi connectivity index (χ2v) is 9.45. The van der Waals surface area contributed by atoms with Gasteiger partial charge in [-0.15, -0.1) is 12.4 Å². The molecule has 0 saturated heterocycles. The Kier molecular flexibility index (Phi) is 4.59. The summed E-state index contributed by atoms with van der Waals surface area (Å²) in [4.78, 5) is 2.03. The van der Waals surface area contributed by atoms with Crippen molar-refractivity contribution in [2.45, 2.75) is 26.1 Å². The molecule has 0 spiro atoms. The number of rotatable bonds is 1. The van der Waals surface area contributed by atoms with Gasteiger partial charge in [-0.1, -0.05) is 37.3 Å². The molecule has 74 valence electrons. The Labute approximate surface area is 88.6 Å². The van der Waals surface area contributed by atoms with E-state index in [1.807, 2.05) is 4.90 Å². The summed E-state index contributed by atoms with van der Waals surface area (Å²) in [7, 11) is -1.03. The van der Waals surface area contributed by atoms with Crippen molar-refractivity contribution in [3.8, 4) is 12.5 Å². The number of halogens is 1. The van der Waals surface area contributed by atoms with Gasteiger partial charge in [-0.3, -0.25) is 0 Å². The Bertz CT molecular complexity index is 234. The molecule has 0 aliphatic carbocycles. The van der Waals surface area contributed by atoms with Crippen LogP contribution in [0.2, 0.25) is 19.6 Å². The molecule has 0 bridgehead atoms. The van der Waals surface area contributed by atoms with E-state index in [0.717, 1.165) is 13.1 Å². The van der Waals surface area contributed by atoms with Crippen molar-refractivity contribution in [1.29, 1.82) is 0 Å². The van der Waals surface area contributed by atoms with Gasteiger partial charge >= 0.3 is 0 Å². The van der Waals surface area contributed by atoms with Crippen molar-refractivity contribution >= 4 is 20.5 Å².